The van der Waals surface area contributed by atoms with Gasteiger partial charge in [0.1, 0.15) is 5.60 Å². The number of aliphatic hydroxyl groups excluding tert-OH is 1. The number of hydrogen-bond acceptors (Lipinski definition) is 4. The molecule has 8 atom stereocenters. The quantitative estimate of drug-likeness (QED) is 0.536. The van der Waals surface area contributed by atoms with Crippen LogP contribution in [-0.4, -0.2) is 29.9 Å². The van der Waals surface area contributed by atoms with Gasteiger partial charge in [0.25, 0.3) is 0 Å². The number of ether oxygens (including phenoxy) is 2. The minimum absolute atomic E-state index is 0.0484. The van der Waals surface area contributed by atoms with Crippen LogP contribution in [0.5, 0.6) is 0 Å². The summed E-state index contributed by atoms with van der Waals surface area (Å²) in [4.78, 5) is 11.6. The van der Waals surface area contributed by atoms with E-state index >= 15 is 0 Å². The minimum Gasteiger partial charge on any atom is -0.494 e. The summed E-state index contributed by atoms with van der Waals surface area (Å²) in [6.45, 7) is 4.98. The van der Waals surface area contributed by atoms with Crippen molar-refractivity contribution in [3.63, 3.8) is 0 Å². The molecule has 5 rings (SSSR count). The summed E-state index contributed by atoms with van der Waals surface area (Å²) >= 11 is 0. The number of hydrogen-bond donors (Lipinski definition) is 1. The molecule has 4 aliphatic carbocycles. The number of fused-ring (bicyclic) bond motifs is 3. The maximum atomic E-state index is 11.6. The van der Waals surface area contributed by atoms with Crippen molar-refractivity contribution >= 4 is 5.97 Å². The fourth-order valence-corrected chi connectivity index (χ4v) is 8.63. The second kappa shape index (κ2) is 6.60. The molecule has 0 amide bonds. The van der Waals surface area contributed by atoms with Crippen LogP contribution >= 0.6 is 0 Å². The van der Waals surface area contributed by atoms with Crippen molar-refractivity contribution in [1.82, 2.24) is 0 Å². The van der Waals surface area contributed by atoms with Gasteiger partial charge in [-0.2, -0.15) is 0 Å². The molecule has 1 aliphatic heterocycles. The molecule has 4 nitrogen and oxygen atoms in total. The maximum Gasteiger partial charge on any atom is 0.330 e. The summed E-state index contributed by atoms with van der Waals surface area (Å²) in [7, 11) is 1.42. The van der Waals surface area contributed by atoms with Crippen molar-refractivity contribution in [2.75, 3.05) is 7.11 Å². The Morgan fingerprint density at radius 2 is 1.97 bits per heavy atom. The van der Waals surface area contributed by atoms with Gasteiger partial charge in [-0.05, 0) is 92.6 Å². The van der Waals surface area contributed by atoms with Gasteiger partial charge >= 0.3 is 5.97 Å². The highest BCUT2D eigenvalue weighted by Crippen LogP contribution is 2.72. The van der Waals surface area contributed by atoms with Gasteiger partial charge in [0, 0.05) is 17.4 Å². The zero-order chi connectivity index (χ0) is 20.4. The van der Waals surface area contributed by atoms with Gasteiger partial charge in [-0.15, -0.1) is 0 Å². The molecule has 5 aliphatic rings. The molecule has 0 spiro atoms. The third-order valence-electron chi connectivity index (χ3n) is 10.2. The van der Waals surface area contributed by atoms with E-state index in [9.17, 15) is 9.90 Å². The molecule has 0 aromatic carbocycles. The molecular weight excluding hydrogens is 364 g/mol. The number of aliphatic hydroxyl groups is 1. The maximum absolute atomic E-state index is 11.6. The van der Waals surface area contributed by atoms with E-state index in [-0.39, 0.29) is 23.1 Å². The first-order chi connectivity index (χ1) is 13.8. The van der Waals surface area contributed by atoms with Gasteiger partial charge in [0.15, 0.2) is 0 Å². The van der Waals surface area contributed by atoms with E-state index in [4.69, 9.17) is 9.47 Å². The van der Waals surface area contributed by atoms with Crippen LogP contribution in [0.1, 0.15) is 71.6 Å². The van der Waals surface area contributed by atoms with E-state index in [1.807, 2.05) is 12.3 Å². The molecule has 0 aromatic heterocycles. The lowest BCUT2D eigenvalue weighted by Gasteiger charge is -2.65. The van der Waals surface area contributed by atoms with Crippen molar-refractivity contribution in [2.24, 2.45) is 34.5 Å². The molecule has 1 N–H and O–H groups in total. The normalized spacial score (nSPS) is 50.8. The number of methoxy groups -OCH3 is 1. The number of allylic oxidation sites excluding steroid dienone is 2. The molecule has 4 saturated carbocycles. The third-order valence-corrected chi connectivity index (χ3v) is 10.2. The first-order valence-corrected chi connectivity index (χ1v) is 11.7. The van der Waals surface area contributed by atoms with Crippen molar-refractivity contribution in [1.29, 1.82) is 0 Å². The third kappa shape index (κ3) is 2.57. The summed E-state index contributed by atoms with van der Waals surface area (Å²) in [5, 5.41) is 10.3. The summed E-state index contributed by atoms with van der Waals surface area (Å²) in [6, 6.07) is 0. The lowest BCUT2D eigenvalue weighted by Crippen LogP contribution is -2.63. The van der Waals surface area contributed by atoms with Gasteiger partial charge in [-0.25, -0.2) is 4.79 Å². The predicted molar refractivity (Wildman–Crippen MR) is 111 cm³/mol. The second-order valence-corrected chi connectivity index (χ2v) is 11.0. The Hall–Kier alpha value is -1.29. The van der Waals surface area contributed by atoms with Gasteiger partial charge in [0.05, 0.1) is 19.5 Å². The fourth-order valence-electron chi connectivity index (χ4n) is 8.63. The van der Waals surface area contributed by atoms with Crippen LogP contribution in [0.15, 0.2) is 24.0 Å². The molecule has 8 unspecified atom stereocenters. The zero-order valence-corrected chi connectivity index (χ0v) is 18.2. The van der Waals surface area contributed by atoms with Crippen LogP contribution < -0.4 is 0 Å². The van der Waals surface area contributed by atoms with Crippen molar-refractivity contribution in [3.05, 3.63) is 24.0 Å². The summed E-state index contributed by atoms with van der Waals surface area (Å²) in [5.41, 5.74) is 1.61. The summed E-state index contributed by atoms with van der Waals surface area (Å²) < 4.78 is 11.5. The van der Waals surface area contributed by atoms with E-state index < -0.39 is 0 Å². The first kappa shape index (κ1) is 19.7. The molecule has 160 valence electrons. The molecular formula is C25H36O4. The number of carbonyl (C=O) groups excluding carboxylic acids is 1. The standard InChI is InChI=1S/C25H36O4/c1-23-11-8-18(26)14-17(23)5-6-21-20(23)9-12-24(2)19-10-13-25(21,24)29-15-16(19)4-7-22(27)28-3/h4,7,15,17-21,26H,5-6,8-14H2,1-3H3. The van der Waals surface area contributed by atoms with Crippen molar-refractivity contribution < 1.29 is 19.4 Å². The minimum atomic E-state index is -0.305. The molecule has 29 heavy (non-hydrogen) atoms. The van der Waals surface area contributed by atoms with Crippen LogP contribution in [0.2, 0.25) is 0 Å². The average Bonchev–Trinajstić information content (AvgIpc) is 2.88. The van der Waals surface area contributed by atoms with Crippen molar-refractivity contribution in [2.45, 2.75) is 83.3 Å². The summed E-state index contributed by atoms with van der Waals surface area (Å²) in [5.74, 6) is 2.16. The molecule has 0 saturated heterocycles. The SMILES string of the molecule is COC(=O)C=CC1=COC23CCC1C2(C)CCC1C3CCC2CC(O)CCC21C. The monoisotopic (exact) mass is 400 g/mol. The number of rotatable bonds is 2. The lowest BCUT2D eigenvalue weighted by molar-refractivity contribution is -0.217. The molecule has 1 heterocycles. The number of esters is 1. The Balaban J connectivity index is 1.47. The largest absolute Gasteiger partial charge is 0.494 e. The van der Waals surface area contributed by atoms with Crippen LogP contribution in [0.3, 0.4) is 0 Å². The molecule has 4 fully saturated rings. The molecule has 0 aromatic rings. The predicted octanol–water partition coefficient (Wildman–Crippen LogP) is 4.77. The Labute approximate surface area is 174 Å². The fraction of sp³-hybridized carbons (Fsp3) is 0.800. The highest BCUT2D eigenvalue weighted by molar-refractivity contribution is 5.82. The molecule has 2 bridgehead atoms. The smallest absolute Gasteiger partial charge is 0.330 e. The van der Waals surface area contributed by atoms with E-state index in [0.717, 1.165) is 31.3 Å². The Morgan fingerprint density at radius 1 is 1.14 bits per heavy atom. The van der Waals surface area contributed by atoms with Crippen LogP contribution in [0.25, 0.3) is 0 Å². The lowest BCUT2D eigenvalue weighted by atomic mass is 9.43. The highest BCUT2D eigenvalue weighted by atomic mass is 16.5. The molecule has 0 radical (unpaired) electrons. The summed E-state index contributed by atoms with van der Waals surface area (Å²) in [6.07, 6.45) is 15.7. The Kier molecular flexibility index (Phi) is 4.48. The van der Waals surface area contributed by atoms with Crippen LogP contribution in [-0.2, 0) is 14.3 Å². The van der Waals surface area contributed by atoms with Crippen LogP contribution in [0, 0.1) is 34.5 Å². The van der Waals surface area contributed by atoms with E-state index in [1.165, 1.54) is 45.3 Å². The van der Waals surface area contributed by atoms with Crippen molar-refractivity contribution in [3.8, 4) is 0 Å². The molecule has 4 heteroatoms. The Morgan fingerprint density at radius 3 is 2.76 bits per heavy atom. The average molecular weight is 401 g/mol. The first-order valence-electron chi connectivity index (χ1n) is 11.7. The highest BCUT2D eigenvalue weighted by Gasteiger charge is 2.70. The zero-order valence-electron chi connectivity index (χ0n) is 18.2. The van der Waals surface area contributed by atoms with Gasteiger partial charge in [-0.3, -0.25) is 0 Å². The number of carbonyl (C=O) groups is 1. The Bertz CT molecular complexity index is 756. The topological polar surface area (TPSA) is 55.8 Å². The van der Waals surface area contributed by atoms with E-state index in [0.29, 0.717) is 29.1 Å². The van der Waals surface area contributed by atoms with E-state index in [2.05, 4.69) is 13.8 Å². The van der Waals surface area contributed by atoms with Gasteiger partial charge < -0.3 is 14.6 Å². The van der Waals surface area contributed by atoms with E-state index in [1.54, 1.807) is 0 Å². The van der Waals surface area contributed by atoms with Gasteiger partial charge in [0.2, 0.25) is 0 Å². The second-order valence-electron chi connectivity index (χ2n) is 11.0. The van der Waals surface area contributed by atoms with Crippen LogP contribution in [0.4, 0.5) is 0 Å². The van der Waals surface area contributed by atoms with Gasteiger partial charge in [-0.1, -0.05) is 13.8 Å².